The van der Waals surface area contributed by atoms with Crippen molar-refractivity contribution in [3.8, 4) is 0 Å². The van der Waals surface area contributed by atoms with Crippen LogP contribution in [-0.4, -0.2) is 31.2 Å². The number of rotatable bonds is 1. The van der Waals surface area contributed by atoms with Gasteiger partial charge in [0.15, 0.2) is 5.15 Å². The number of aromatic nitrogens is 1. The maximum absolute atomic E-state index is 6.26. The van der Waals surface area contributed by atoms with E-state index in [1.165, 1.54) is 0 Å². The third-order valence-electron chi connectivity index (χ3n) is 3.12. The van der Waals surface area contributed by atoms with Gasteiger partial charge in [0.2, 0.25) is 0 Å². The van der Waals surface area contributed by atoms with E-state index < -0.39 is 0 Å². The Morgan fingerprint density at radius 2 is 1.94 bits per heavy atom. The molecule has 3 nitrogen and oxygen atoms in total. The number of halogens is 1. The number of nitrogens with one attached hydrogen (secondary N) is 1. The van der Waals surface area contributed by atoms with Crippen molar-refractivity contribution in [3.63, 3.8) is 0 Å². The van der Waals surface area contributed by atoms with Gasteiger partial charge in [-0.05, 0) is 12.1 Å². The van der Waals surface area contributed by atoms with E-state index in [9.17, 15) is 0 Å². The highest BCUT2D eigenvalue weighted by Crippen LogP contribution is 2.28. The van der Waals surface area contributed by atoms with E-state index in [4.69, 9.17) is 11.6 Å². The monoisotopic (exact) mass is 247 g/mol. The van der Waals surface area contributed by atoms with E-state index >= 15 is 0 Å². The molecule has 2 aromatic rings. The number of hydrogen-bond acceptors (Lipinski definition) is 3. The SMILES string of the molecule is Clc1nc2ccccc2cc1N1CCNCC1. The van der Waals surface area contributed by atoms with Crippen molar-refractivity contribution < 1.29 is 0 Å². The van der Waals surface area contributed by atoms with Gasteiger partial charge >= 0.3 is 0 Å². The Balaban J connectivity index is 2.06. The molecule has 1 aromatic carbocycles. The number of piperazine rings is 1. The van der Waals surface area contributed by atoms with Gasteiger partial charge in [-0.1, -0.05) is 29.8 Å². The van der Waals surface area contributed by atoms with E-state index in [1.807, 2.05) is 18.2 Å². The maximum Gasteiger partial charge on any atom is 0.153 e. The van der Waals surface area contributed by atoms with Gasteiger partial charge in [-0.3, -0.25) is 0 Å². The molecule has 0 atom stereocenters. The Hall–Kier alpha value is -1.32. The molecule has 0 bridgehead atoms. The molecule has 2 heterocycles. The molecular formula is C13H14ClN3. The van der Waals surface area contributed by atoms with Gasteiger partial charge in [0.05, 0.1) is 11.2 Å². The van der Waals surface area contributed by atoms with Crippen LogP contribution in [0.5, 0.6) is 0 Å². The minimum absolute atomic E-state index is 0.602. The molecule has 0 amide bonds. The summed E-state index contributed by atoms with van der Waals surface area (Å²) in [6.45, 7) is 3.98. The highest BCUT2D eigenvalue weighted by atomic mass is 35.5. The van der Waals surface area contributed by atoms with Crippen LogP contribution >= 0.6 is 11.6 Å². The minimum Gasteiger partial charge on any atom is -0.366 e. The molecular weight excluding hydrogens is 234 g/mol. The third kappa shape index (κ3) is 2.08. The van der Waals surface area contributed by atoms with Gasteiger partial charge in [0.1, 0.15) is 0 Å². The van der Waals surface area contributed by atoms with E-state index in [-0.39, 0.29) is 0 Å². The molecule has 1 aliphatic rings. The van der Waals surface area contributed by atoms with Crippen molar-refractivity contribution in [3.05, 3.63) is 35.5 Å². The van der Waals surface area contributed by atoms with Crippen LogP contribution in [0.25, 0.3) is 10.9 Å². The summed E-state index contributed by atoms with van der Waals surface area (Å²) in [6.07, 6.45) is 0. The number of fused-ring (bicyclic) bond motifs is 1. The number of benzene rings is 1. The largest absolute Gasteiger partial charge is 0.366 e. The summed E-state index contributed by atoms with van der Waals surface area (Å²) in [7, 11) is 0. The van der Waals surface area contributed by atoms with Crippen molar-refractivity contribution in [2.45, 2.75) is 0 Å². The van der Waals surface area contributed by atoms with E-state index in [0.717, 1.165) is 42.8 Å². The second-order valence-corrected chi connectivity index (χ2v) is 4.59. The molecule has 3 rings (SSSR count). The van der Waals surface area contributed by atoms with Gasteiger partial charge in [-0.15, -0.1) is 0 Å². The second-order valence-electron chi connectivity index (χ2n) is 4.23. The Morgan fingerprint density at radius 1 is 1.18 bits per heavy atom. The molecule has 0 spiro atoms. The van der Waals surface area contributed by atoms with Gasteiger partial charge in [-0.25, -0.2) is 4.98 Å². The van der Waals surface area contributed by atoms with E-state index in [0.29, 0.717) is 5.15 Å². The van der Waals surface area contributed by atoms with Crippen LogP contribution in [-0.2, 0) is 0 Å². The smallest absolute Gasteiger partial charge is 0.153 e. The quantitative estimate of drug-likeness (QED) is 0.784. The first-order valence-corrected chi connectivity index (χ1v) is 6.23. The molecule has 1 aliphatic heterocycles. The van der Waals surface area contributed by atoms with Gasteiger partial charge < -0.3 is 10.2 Å². The predicted octanol–water partition coefficient (Wildman–Crippen LogP) is 2.30. The highest BCUT2D eigenvalue weighted by Gasteiger charge is 2.14. The molecule has 1 N–H and O–H groups in total. The molecule has 1 saturated heterocycles. The van der Waals surface area contributed by atoms with E-state index in [2.05, 4.69) is 27.3 Å². The first kappa shape index (κ1) is 10.8. The summed E-state index contributed by atoms with van der Waals surface area (Å²) in [4.78, 5) is 6.74. The number of hydrogen-bond donors (Lipinski definition) is 1. The van der Waals surface area contributed by atoms with Gasteiger partial charge in [0, 0.05) is 31.6 Å². The first-order chi connectivity index (χ1) is 8.34. The van der Waals surface area contributed by atoms with Crippen LogP contribution in [0.3, 0.4) is 0 Å². The molecule has 0 radical (unpaired) electrons. The van der Waals surface area contributed by atoms with E-state index in [1.54, 1.807) is 0 Å². The van der Waals surface area contributed by atoms with Crippen molar-refractivity contribution in [1.29, 1.82) is 0 Å². The molecule has 17 heavy (non-hydrogen) atoms. The van der Waals surface area contributed by atoms with Crippen LogP contribution in [0.15, 0.2) is 30.3 Å². The van der Waals surface area contributed by atoms with Crippen LogP contribution < -0.4 is 10.2 Å². The number of pyridine rings is 1. The van der Waals surface area contributed by atoms with Crippen LogP contribution in [0.2, 0.25) is 5.15 Å². The lowest BCUT2D eigenvalue weighted by atomic mass is 10.2. The zero-order valence-electron chi connectivity index (χ0n) is 9.49. The molecule has 4 heteroatoms. The van der Waals surface area contributed by atoms with Gasteiger partial charge in [-0.2, -0.15) is 0 Å². The lowest BCUT2D eigenvalue weighted by molar-refractivity contribution is 0.589. The predicted molar refractivity (Wildman–Crippen MR) is 71.8 cm³/mol. The fraction of sp³-hybridized carbons (Fsp3) is 0.308. The fourth-order valence-corrected chi connectivity index (χ4v) is 2.47. The number of para-hydroxylation sites is 1. The average molecular weight is 248 g/mol. The topological polar surface area (TPSA) is 28.2 Å². The molecule has 0 saturated carbocycles. The lowest BCUT2D eigenvalue weighted by Crippen LogP contribution is -2.43. The Labute approximate surface area is 105 Å². The Kier molecular flexibility index (Phi) is 2.87. The normalized spacial score (nSPS) is 16.4. The standard InChI is InChI=1S/C13H14ClN3/c14-13-12(17-7-5-15-6-8-17)9-10-3-1-2-4-11(10)16-13/h1-4,9,15H,5-8H2. The van der Waals surface area contributed by atoms with Crippen molar-refractivity contribution >= 4 is 28.2 Å². The summed E-state index contributed by atoms with van der Waals surface area (Å²) >= 11 is 6.26. The van der Waals surface area contributed by atoms with Crippen LogP contribution in [0.4, 0.5) is 5.69 Å². The zero-order chi connectivity index (χ0) is 11.7. The number of anilines is 1. The summed E-state index contributed by atoms with van der Waals surface area (Å²) in [5.74, 6) is 0. The zero-order valence-corrected chi connectivity index (χ0v) is 10.2. The van der Waals surface area contributed by atoms with Crippen LogP contribution in [0, 0.1) is 0 Å². The van der Waals surface area contributed by atoms with Crippen molar-refractivity contribution in [2.75, 3.05) is 31.1 Å². The second kappa shape index (κ2) is 4.51. The summed E-state index contributed by atoms with van der Waals surface area (Å²) in [5.41, 5.74) is 2.00. The fourth-order valence-electron chi connectivity index (χ4n) is 2.21. The van der Waals surface area contributed by atoms with Crippen molar-refractivity contribution in [2.24, 2.45) is 0 Å². The summed E-state index contributed by atoms with van der Waals surface area (Å²) < 4.78 is 0. The number of nitrogens with zero attached hydrogens (tertiary/aromatic N) is 2. The summed E-state index contributed by atoms with van der Waals surface area (Å²) in [5, 5.41) is 5.08. The molecule has 1 aromatic heterocycles. The molecule has 88 valence electrons. The Bertz CT molecular complexity index is 535. The third-order valence-corrected chi connectivity index (χ3v) is 3.39. The molecule has 0 aliphatic carbocycles. The molecule has 1 fully saturated rings. The first-order valence-electron chi connectivity index (χ1n) is 5.85. The van der Waals surface area contributed by atoms with Crippen LogP contribution in [0.1, 0.15) is 0 Å². The highest BCUT2D eigenvalue weighted by molar-refractivity contribution is 6.32. The lowest BCUT2D eigenvalue weighted by Gasteiger charge is -2.29. The van der Waals surface area contributed by atoms with Crippen molar-refractivity contribution in [1.82, 2.24) is 10.3 Å². The summed E-state index contributed by atoms with van der Waals surface area (Å²) in [6, 6.07) is 10.2. The minimum atomic E-state index is 0.602. The average Bonchev–Trinajstić information content (AvgIpc) is 2.39. The Morgan fingerprint density at radius 3 is 2.76 bits per heavy atom. The molecule has 0 unspecified atom stereocenters. The maximum atomic E-state index is 6.26. The van der Waals surface area contributed by atoms with Gasteiger partial charge in [0.25, 0.3) is 0 Å².